The highest BCUT2D eigenvalue weighted by atomic mass is 16.5. The van der Waals surface area contributed by atoms with E-state index in [1.54, 1.807) is 18.4 Å². The summed E-state index contributed by atoms with van der Waals surface area (Å²) < 4.78 is 10.1. The first-order chi connectivity index (χ1) is 4.47. The maximum Gasteiger partial charge on any atom is 0.176 e. The van der Waals surface area contributed by atoms with Crippen LogP contribution in [0.25, 0.3) is 0 Å². The first-order valence-electron chi connectivity index (χ1n) is 2.75. The van der Waals surface area contributed by atoms with Crippen molar-refractivity contribution in [2.45, 2.75) is 0 Å². The minimum atomic E-state index is 0.604. The Bertz CT molecular complexity index is 235. The fourth-order valence-corrected chi connectivity index (χ4v) is 0.782. The fraction of sp³-hybridized carbons (Fsp3) is 0.143. The molecule has 2 heterocycles. The average molecular weight is 121 g/mol. The fourth-order valence-electron chi connectivity index (χ4n) is 0.782. The monoisotopic (exact) mass is 121 g/mol. The van der Waals surface area contributed by atoms with Crippen LogP contribution in [-0.2, 0) is 0 Å². The van der Waals surface area contributed by atoms with Crippen LogP contribution in [0.4, 0.5) is 0 Å². The van der Waals surface area contributed by atoms with Gasteiger partial charge in [-0.15, -0.1) is 0 Å². The average Bonchev–Trinajstić information content (AvgIpc) is 2.33. The van der Waals surface area contributed by atoms with Gasteiger partial charge in [0.1, 0.15) is 6.61 Å². The molecule has 0 fully saturated rings. The third-order valence-electron chi connectivity index (χ3n) is 1.18. The summed E-state index contributed by atoms with van der Waals surface area (Å²) in [5.74, 6) is 1.48. The van der Waals surface area contributed by atoms with E-state index in [1.165, 1.54) is 0 Å². The molecule has 0 amide bonds. The molecule has 1 aliphatic rings. The van der Waals surface area contributed by atoms with Gasteiger partial charge in [0, 0.05) is 12.1 Å². The molecule has 2 nitrogen and oxygen atoms in total. The molecule has 2 rings (SSSR count). The topological polar surface area (TPSA) is 22.4 Å². The van der Waals surface area contributed by atoms with Crippen molar-refractivity contribution in [2.75, 3.05) is 6.61 Å². The number of hydrogen-bond donors (Lipinski definition) is 0. The van der Waals surface area contributed by atoms with Crippen molar-refractivity contribution in [3.63, 3.8) is 0 Å². The number of hydrogen-bond acceptors (Lipinski definition) is 2. The van der Waals surface area contributed by atoms with E-state index in [0.717, 1.165) is 5.75 Å². The van der Waals surface area contributed by atoms with E-state index in [2.05, 4.69) is 6.08 Å². The number of rotatable bonds is 0. The van der Waals surface area contributed by atoms with Gasteiger partial charge < -0.3 is 9.15 Å². The van der Waals surface area contributed by atoms with Crippen LogP contribution in [0.5, 0.6) is 5.75 Å². The first-order valence-corrected chi connectivity index (χ1v) is 2.75. The summed E-state index contributed by atoms with van der Waals surface area (Å²) in [6.07, 6.45) is 6.32. The molecule has 0 aliphatic carbocycles. The second kappa shape index (κ2) is 1.65. The second-order valence-electron chi connectivity index (χ2n) is 1.77. The van der Waals surface area contributed by atoms with Crippen LogP contribution in [0.3, 0.4) is 0 Å². The maximum atomic E-state index is 5.15. The van der Waals surface area contributed by atoms with Crippen LogP contribution in [0.15, 0.2) is 22.8 Å². The predicted octanol–water partition coefficient (Wildman–Crippen LogP) is 1.38. The molecule has 0 spiro atoms. The van der Waals surface area contributed by atoms with Gasteiger partial charge in [0.15, 0.2) is 11.5 Å². The Morgan fingerprint density at radius 3 is 3.44 bits per heavy atom. The normalized spacial score (nSPS) is 14.7. The van der Waals surface area contributed by atoms with Gasteiger partial charge in [-0.2, -0.15) is 0 Å². The Labute approximate surface area is 52.7 Å². The van der Waals surface area contributed by atoms with Crippen LogP contribution >= 0.6 is 0 Å². The van der Waals surface area contributed by atoms with E-state index in [0.29, 0.717) is 12.4 Å². The standard InChI is InChI=1S/C7H5O2/c1-2-6-7(8-4-1)3-5-9-6/h1,3,5H,4H2. The molecule has 0 N–H and O–H groups in total. The SMILES string of the molecule is [C]1=CCOc2ccoc21. The van der Waals surface area contributed by atoms with E-state index in [9.17, 15) is 0 Å². The van der Waals surface area contributed by atoms with Gasteiger partial charge in [0.05, 0.1) is 6.26 Å². The molecular weight excluding hydrogens is 116 g/mol. The van der Waals surface area contributed by atoms with E-state index < -0.39 is 0 Å². The molecule has 1 aliphatic heterocycles. The summed E-state index contributed by atoms with van der Waals surface area (Å²) >= 11 is 0. The van der Waals surface area contributed by atoms with Crippen molar-refractivity contribution in [3.05, 3.63) is 30.2 Å². The summed E-state index contributed by atoms with van der Waals surface area (Å²) in [5.41, 5.74) is 0. The smallest absolute Gasteiger partial charge is 0.176 e. The molecular formula is C7H5O2. The molecule has 45 valence electrons. The van der Waals surface area contributed by atoms with Crippen molar-refractivity contribution in [1.29, 1.82) is 0 Å². The zero-order valence-electron chi connectivity index (χ0n) is 4.76. The zero-order valence-corrected chi connectivity index (χ0v) is 4.76. The van der Waals surface area contributed by atoms with Crippen LogP contribution < -0.4 is 4.74 Å². The van der Waals surface area contributed by atoms with Gasteiger partial charge in [-0.3, -0.25) is 0 Å². The molecule has 0 aromatic carbocycles. The highest BCUT2D eigenvalue weighted by Gasteiger charge is 2.06. The molecule has 9 heavy (non-hydrogen) atoms. The van der Waals surface area contributed by atoms with Crippen LogP contribution in [-0.4, -0.2) is 6.61 Å². The minimum Gasteiger partial charge on any atom is -0.485 e. The molecule has 1 radical (unpaired) electrons. The molecule has 0 bridgehead atoms. The van der Waals surface area contributed by atoms with E-state index in [-0.39, 0.29) is 0 Å². The lowest BCUT2D eigenvalue weighted by Gasteiger charge is -2.03. The molecule has 0 unspecified atom stereocenters. The third-order valence-corrected chi connectivity index (χ3v) is 1.18. The number of ether oxygens (including phenoxy) is 1. The minimum absolute atomic E-state index is 0.604. The van der Waals surface area contributed by atoms with Gasteiger partial charge >= 0.3 is 0 Å². The summed E-state index contributed by atoms with van der Waals surface area (Å²) in [6, 6.07) is 1.79. The lowest BCUT2D eigenvalue weighted by atomic mass is 10.3. The Balaban J connectivity index is 2.53. The van der Waals surface area contributed by atoms with Gasteiger partial charge in [0.25, 0.3) is 0 Å². The number of fused-ring (bicyclic) bond motifs is 1. The van der Waals surface area contributed by atoms with Gasteiger partial charge in [-0.25, -0.2) is 0 Å². The molecule has 1 aromatic heterocycles. The Hall–Kier alpha value is -1.18. The second-order valence-corrected chi connectivity index (χ2v) is 1.77. The molecule has 0 atom stereocenters. The van der Waals surface area contributed by atoms with Gasteiger partial charge in [-0.05, 0) is 6.08 Å². The van der Waals surface area contributed by atoms with Crippen LogP contribution in [0.1, 0.15) is 5.76 Å². The van der Waals surface area contributed by atoms with E-state index >= 15 is 0 Å². The molecule has 0 saturated carbocycles. The Morgan fingerprint density at radius 1 is 1.56 bits per heavy atom. The molecule has 0 saturated heterocycles. The molecule has 2 heteroatoms. The quantitative estimate of drug-likeness (QED) is 0.517. The van der Waals surface area contributed by atoms with Crippen molar-refractivity contribution >= 4 is 0 Å². The highest BCUT2D eigenvalue weighted by molar-refractivity contribution is 5.31. The Morgan fingerprint density at radius 2 is 2.56 bits per heavy atom. The largest absolute Gasteiger partial charge is 0.485 e. The summed E-state index contributed by atoms with van der Waals surface area (Å²) in [5, 5.41) is 0. The summed E-state index contributed by atoms with van der Waals surface area (Å²) in [6.45, 7) is 0.604. The van der Waals surface area contributed by atoms with Crippen molar-refractivity contribution < 1.29 is 9.15 Å². The summed E-state index contributed by atoms with van der Waals surface area (Å²) in [4.78, 5) is 0. The van der Waals surface area contributed by atoms with E-state index in [4.69, 9.17) is 9.15 Å². The van der Waals surface area contributed by atoms with Gasteiger partial charge in [0.2, 0.25) is 0 Å². The lowest BCUT2D eigenvalue weighted by Crippen LogP contribution is -1.97. The predicted molar refractivity (Wildman–Crippen MR) is 31.1 cm³/mol. The third kappa shape index (κ3) is 0.633. The van der Waals surface area contributed by atoms with Crippen LogP contribution in [0.2, 0.25) is 0 Å². The maximum absolute atomic E-state index is 5.15. The highest BCUT2D eigenvalue weighted by Crippen LogP contribution is 2.21. The zero-order chi connectivity index (χ0) is 6.10. The van der Waals surface area contributed by atoms with Crippen molar-refractivity contribution in [1.82, 2.24) is 0 Å². The van der Waals surface area contributed by atoms with E-state index in [1.807, 2.05) is 0 Å². The van der Waals surface area contributed by atoms with Crippen molar-refractivity contribution in [3.8, 4) is 5.75 Å². The number of furan rings is 1. The summed E-state index contributed by atoms with van der Waals surface area (Å²) in [7, 11) is 0. The lowest BCUT2D eigenvalue weighted by molar-refractivity contribution is 0.344. The Kier molecular flexibility index (Phi) is 0.859. The first kappa shape index (κ1) is 4.68. The molecule has 1 aromatic rings. The van der Waals surface area contributed by atoms with Crippen molar-refractivity contribution in [2.24, 2.45) is 0 Å². The van der Waals surface area contributed by atoms with Gasteiger partial charge in [-0.1, -0.05) is 0 Å². The van der Waals surface area contributed by atoms with Crippen LogP contribution in [0, 0.1) is 6.08 Å².